The monoisotopic (exact) mass is 289 g/mol. The summed E-state index contributed by atoms with van der Waals surface area (Å²) in [7, 11) is -2.69. The zero-order valence-electron chi connectivity index (χ0n) is 12.6. The van der Waals surface area contributed by atoms with Gasteiger partial charge in [-0.2, -0.15) is 0 Å². The third-order valence-electron chi connectivity index (χ3n) is 2.83. The predicted molar refractivity (Wildman–Crippen MR) is 76.9 cm³/mol. The van der Waals surface area contributed by atoms with Gasteiger partial charge in [-0.25, -0.2) is 9.79 Å². The molecule has 0 aromatic rings. The Hall–Kier alpha value is -0.523. The van der Waals surface area contributed by atoms with Crippen molar-refractivity contribution in [3.05, 3.63) is 0 Å². The van der Waals surface area contributed by atoms with Crippen molar-refractivity contribution >= 4 is 14.9 Å². The summed E-state index contributed by atoms with van der Waals surface area (Å²) < 4.78 is 17.7. The predicted octanol–water partition coefficient (Wildman–Crippen LogP) is 2.93. The summed E-state index contributed by atoms with van der Waals surface area (Å²) in [5.41, 5.74) is 0.189. The van der Waals surface area contributed by atoms with Crippen LogP contribution in [0.25, 0.3) is 0 Å². The fourth-order valence-electron chi connectivity index (χ4n) is 2.19. The first-order valence-corrected chi connectivity index (χ1v) is 8.96. The molecule has 0 aliphatic carbocycles. The summed E-state index contributed by atoms with van der Waals surface area (Å²) in [6.45, 7) is 10.1. The van der Waals surface area contributed by atoms with Crippen molar-refractivity contribution < 1.29 is 18.1 Å². The number of hydrogen-bond acceptors (Lipinski definition) is 5. The van der Waals surface area contributed by atoms with E-state index < -0.39 is 8.80 Å². The van der Waals surface area contributed by atoms with E-state index in [0.717, 1.165) is 19.3 Å². The second-order valence-electron chi connectivity index (χ2n) is 4.15. The van der Waals surface area contributed by atoms with E-state index in [1.54, 1.807) is 6.08 Å². The van der Waals surface area contributed by atoms with Crippen molar-refractivity contribution in [2.24, 2.45) is 4.99 Å². The standard InChI is InChI=1S/C13H27NO4Si/c1-5-9-13(10-11-14-12-15)19(16-6-2,17-7-3)18-8-4/h13H,5-11H2,1-4H3. The summed E-state index contributed by atoms with van der Waals surface area (Å²) in [4.78, 5) is 13.8. The number of aliphatic imine (C=N–C) groups is 1. The molecule has 5 nitrogen and oxygen atoms in total. The van der Waals surface area contributed by atoms with E-state index in [1.165, 1.54) is 0 Å². The molecule has 0 aromatic carbocycles. The molecule has 1 atom stereocenters. The first-order valence-electron chi connectivity index (χ1n) is 7.16. The Morgan fingerprint density at radius 3 is 1.89 bits per heavy atom. The number of isocyanates is 1. The first-order chi connectivity index (χ1) is 9.20. The first kappa shape index (κ1) is 18.5. The van der Waals surface area contributed by atoms with Gasteiger partial charge in [-0.15, -0.1) is 0 Å². The molecule has 0 radical (unpaired) electrons. The van der Waals surface area contributed by atoms with Crippen LogP contribution in [0.15, 0.2) is 4.99 Å². The molecule has 1 unspecified atom stereocenters. The lowest BCUT2D eigenvalue weighted by atomic mass is 10.2. The highest BCUT2D eigenvalue weighted by Gasteiger charge is 2.48. The lowest BCUT2D eigenvalue weighted by Gasteiger charge is -2.35. The fourth-order valence-corrected chi connectivity index (χ4v) is 5.48. The van der Waals surface area contributed by atoms with Crippen molar-refractivity contribution in [1.82, 2.24) is 0 Å². The van der Waals surface area contributed by atoms with E-state index in [2.05, 4.69) is 11.9 Å². The number of hydrogen-bond donors (Lipinski definition) is 0. The molecule has 0 aromatic heterocycles. The molecule has 0 rings (SSSR count). The number of rotatable bonds is 12. The van der Waals surface area contributed by atoms with Gasteiger partial charge in [0.15, 0.2) is 0 Å². The number of carbonyl (C=O) groups excluding carboxylic acids is 1. The molecule has 0 fully saturated rings. The molecule has 0 aliphatic rings. The van der Waals surface area contributed by atoms with E-state index in [-0.39, 0.29) is 5.54 Å². The Kier molecular flexibility index (Phi) is 11.0. The highest BCUT2D eigenvalue weighted by atomic mass is 28.4. The molecule has 0 heterocycles. The topological polar surface area (TPSA) is 57.1 Å². The van der Waals surface area contributed by atoms with Crippen LogP contribution in [0.2, 0.25) is 5.54 Å². The second kappa shape index (κ2) is 11.3. The van der Waals surface area contributed by atoms with Crippen LogP contribution >= 0.6 is 0 Å². The Morgan fingerprint density at radius 1 is 1.00 bits per heavy atom. The Bertz CT molecular complexity index is 252. The van der Waals surface area contributed by atoms with Gasteiger partial charge in [0.1, 0.15) is 0 Å². The van der Waals surface area contributed by atoms with Crippen LogP contribution in [0.4, 0.5) is 0 Å². The summed E-state index contributed by atoms with van der Waals surface area (Å²) in [5.74, 6) is 0. The van der Waals surface area contributed by atoms with Gasteiger partial charge in [0.25, 0.3) is 0 Å². The van der Waals surface area contributed by atoms with Crippen LogP contribution in [0, 0.1) is 0 Å². The van der Waals surface area contributed by atoms with Crippen molar-refractivity contribution in [2.45, 2.75) is 52.5 Å². The number of nitrogens with zero attached hydrogens (tertiary/aromatic N) is 1. The van der Waals surface area contributed by atoms with Crippen LogP contribution in [0.3, 0.4) is 0 Å². The van der Waals surface area contributed by atoms with Gasteiger partial charge in [0.05, 0.1) is 6.54 Å². The quantitative estimate of drug-likeness (QED) is 0.315. The van der Waals surface area contributed by atoms with E-state index in [9.17, 15) is 4.79 Å². The van der Waals surface area contributed by atoms with E-state index in [0.29, 0.717) is 26.4 Å². The molecule has 0 aliphatic heterocycles. The molecule has 0 saturated heterocycles. The van der Waals surface area contributed by atoms with Gasteiger partial charge < -0.3 is 13.3 Å². The van der Waals surface area contributed by atoms with Gasteiger partial charge in [0.2, 0.25) is 6.08 Å². The Morgan fingerprint density at radius 2 is 1.53 bits per heavy atom. The maximum Gasteiger partial charge on any atom is 0.504 e. The highest BCUT2D eigenvalue weighted by Crippen LogP contribution is 2.33. The second-order valence-corrected chi connectivity index (χ2v) is 7.04. The van der Waals surface area contributed by atoms with Crippen molar-refractivity contribution in [3.8, 4) is 0 Å². The molecular formula is C13H27NO4Si. The minimum absolute atomic E-state index is 0.189. The Labute approximate surface area is 117 Å². The van der Waals surface area contributed by atoms with Gasteiger partial charge in [-0.1, -0.05) is 13.3 Å². The summed E-state index contributed by atoms with van der Waals surface area (Å²) in [5, 5.41) is 0. The summed E-state index contributed by atoms with van der Waals surface area (Å²) in [6, 6.07) is 0. The minimum Gasteiger partial charge on any atom is -0.374 e. The SMILES string of the molecule is CCCC(CCN=C=O)[Si](OCC)(OCC)OCC. The molecule has 6 heteroatoms. The third kappa shape index (κ3) is 6.45. The normalized spacial score (nSPS) is 13.1. The molecule has 112 valence electrons. The summed E-state index contributed by atoms with van der Waals surface area (Å²) in [6.07, 6.45) is 4.31. The van der Waals surface area contributed by atoms with Crippen LogP contribution in [0.1, 0.15) is 47.0 Å². The molecule has 0 spiro atoms. The Balaban J connectivity index is 4.98. The maximum absolute atomic E-state index is 10.2. The lowest BCUT2D eigenvalue weighted by molar-refractivity contribution is 0.0587. The molecule has 0 bridgehead atoms. The van der Waals surface area contributed by atoms with Gasteiger partial charge in [-0.05, 0) is 33.6 Å². The van der Waals surface area contributed by atoms with Gasteiger partial charge >= 0.3 is 8.80 Å². The highest BCUT2D eigenvalue weighted by molar-refractivity contribution is 6.62. The molecule has 0 N–H and O–H groups in total. The molecule has 19 heavy (non-hydrogen) atoms. The zero-order chi connectivity index (χ0) is 14.6. The maximum atomic E-state index is 10.2. The van der Waals surface area contributed by atoms with E-state index >= 15 is 0 Å². The van der Waals surface area contributed by atoms with Crippen LogP contribution in [-0.2, 0) is 18.1 Å². The van der Waals surface area contributed by atoms with Crippen LogP contribution < -0.4 is 0 Å². The van der Waals surface area contributed by atoms with Gasteiger partial charge in [0, 0.05) is 25.4 Å². The van der Waals surface area contributed by atoms with E-state index in [4.69, 9.17) is 13.3 Å². The summed E-state index contributed by atoms with van der Waals surface area (Å²) >= 11 is 0. The lowest BCUT2D eigenvalue weighted by Crippen LogP contribution is -2.50. The van der Waals surface area contributed by atoms with Crippen molar-refractivity contribution in [2.75, 3.05) is 26.4 Å². The smallest absolute Gasteiger partial charge is 0.374 e. The van der Waals surface area contributed by atoms with Gasteiger partial charge in [-0.3, -0.25) is 0 Å². The average molecular weight is 289 g/mol. The minimum atomic E-state index is -2.69. The zero-order valence-corrected chi connectivity index (χ0v) is 13.6. The average Bonchev–Trinajstić information content (AvgIpc) is 2.39. The molecule has 0 saturated carbocycles. The third-order valence-corrected chi connectivity index (χ3v) is 6.48. The fraction of sp³-hybridized carbons (Fsp3) is 0.923. The van der Waals surface area contributed by atoms with E-state index in [1.807, 2.05) is 20.8 Å². The van der Waals surface area contributed by atoms with Crippen molar-refractivity contribution in [1.29, 1.82) is 0 Å². The largest absolute Gasteiger partial charge is 0.504 e. The van der Waals surface area contributed by atoms with Crippen LogP contribution in [-0.4, -0.2) is 41.2 Å². The van der Waals surface area contributed by atoms with Crippen LogP contribution in [0.5, 0.6) is 0 Å². The molecule has 0 amide bonds. The van der Waals surface area contributed by atoms with Crippen molar-refractivity contribution in [3.63, 3.8) is 0 Å². The molecular weight excluding hydrogens is 262 g/mol.